The number of nitrogens with zero attached hydrogens (tertiary/aromatic N) is 3. The summed E-state index contributed by atoms with van der Waals surface area (Å²) in [5.74, 6) is -1.95. The lowest BCUT2D eigenvalue weighted by Crippen LogP contribution is -2.31. The average molecular weight is 424 g/mol. The monoisotopic (exact) mass is 424 g/mol. The van der Waals surface area contributed by atoms with Gasteiger partial charge in [-0.2, -0.15) is 5.10 Å². The molecule has 0 atom stereocenters. The summed E-state index contributed by atoms with van der Waals surface area (Å²) in [6.45, 7) is 0.335. The van der Waals surface area contributed by atoms with E-state index in [-0.39, 0.29) is 24.2 Å². The van der Waals surface area contributed by atoms with E-state index in [1.54, 1.807) is 25.6 Å². The van der Waals surface area contributed by atoms with E-state index in [1.807, 2.05) is 24.3 Å². The Kier molecular flexibility index (Phi) is 5.48. The van der Waals surface area contributed by atoms with E-state index in [0.29, 0.717) is 11.2 Å². The first-order chi connectivity index (χ1) is 15.0. The molecular formula is C22H18F2N4O3. The number of carbonyl (C=O) groups excluding carboxylic acids is 1. The van der Waals surface area contributed by atoms with Gasteiger partial charge in [-0.1, -0.05) is 0 Å². The molecule has 4 aromatic rings. The van der Waals surface area contributed by atoms with E-state index < -0.39 is 17.5 Å². The van der Waals surface area contributed by atoms with Gasteiger partial charge in [0.25, 0.3) is 11.5 Å². The molecule has 0 fully saturated rings. The Hall–Kier alpha value is -4.01. The second-order valence-corrected chi connectivity index (χ2v) is 6.77. The summed E-state index contributed by atoms with van der Waals surface area (Å²) in [5, 5.41) is 7.02. The van der Waals surface area contributed by atoms with E-state index in [0.717, 1.165) is 23.4 Å². The standard InChI is InChI=1S/C22H18F2N4O3/c1-31-16-5-2-14(3-6-16)19-13-20-22(30)27(10-11-28(20)26-19)9-8-25-21(29)15-4-7-17(23)18(24)12-15/h2-7,10-13H,8-9H2,1H3,(H,25,29). The largest absolute Gasteiger partial charge is 0.497 e. The first-order valence-electron chi connectivity index (χ1n) is 9.43. The highest BCUT2D eigenvalue weighted by atomic mass is 19.2. The van der Waals surface area contributed by atoms with Gasteiger partial charge >= 0.3 is 0 Å². The quantitative estimate of drug-likeness (QED) is 0.516. The smallest absolute Gasteiger partial charge is 0.276 e. The van der Waals surface area contributed by atoms with Gasteiger partial charge in [0.05, 0.1) is 12.8 Å². The number of fused-ring (bicyclic) bond motifs is 1. The van der Waals surface area contributed by atoms with Gasteiger partial charge in [-0.15, -0.1) is 0 Å². The molecule has 2 aromatic heterocycles. The second kappa shape index (κ2) is 8.39. The number of benzene rings is 2. The molecule has 2 heterocycles. The first-order valence-corrected chi connectivity index (χ1v) is 9.43. The first kappa shape index (κ1) is 20.3. The molecule has 0 radical (unpaired) electrons. The zero-order valence-electron chi connectivity index (χ0n) is 16.5. The van der Waals surface area contributed by atoms with Crippen molar-refractivity contribution in [2.75, 3.05) is 13.7 Å². The number of nitrogens with one attached hydrogen (secondary N) is 1. The summed E-state index contributed by atoms with van der Waals surface area (Å²) >= 11 is 0. The highest BCUT2D eigenvalue weighted by Crippen LogP contribution is 2.21. The number of ether oxygens (including phenoxy) is 1. The molecule has 2 aromatic carbocycles. The van der Waals surface area contributed by atoms with E-state index >= 15 is 0 Å². The fourth-order valence-electron chi connectivity index (χ4n) is 3.13. The van der Waals surface area contributed by atoms with Crippen LogP contribution in [-0.4, -0.2) is 33.7 Å². The van der Waals surface area contributed by atoms with E-state index in [1.165, 1.54) is 15.1 Å². The molecule has 7 nitrogen and oxygen atoms in total. The summed E-state index contributed by atoms with van der Waals surface area (Å²) < 4.78 is 34.4. The van der Waals surface area contributed by atoms with Crippen LogP contribution in [0.4, 0.5) is 8.78 Å². The van der Waals surface area contributed by atoms with Gasteiger partial charge in [0.15, 0.2) is 11.6 Å². The number of aromatic nitrogens is 3. The maximum absolute atomic E-state index is 13.3. The molecule has 0 unspecified atom stereocenters. The lowest BCUT2D eigenvalue weighted by Gasteiger charge is -2.08. The Morgan fingerprint density at radius 3 is 2.55 bits per heavy atom. The molecule has 1 N–H and O–H groups in total. The van der Waals surface area contributed by atoms with Crippen molar-refractivity contribution in [2.45, 2.75) is 6.54 Å². The van der Waals surface area contributed by atoms with Crippen molar-refractivity contribution >= 4 is 11.4 Å². The summed E-state index contributed by atoms with van der Waals surface area (Å²) in [6.07, 6.45) is 3.23. The number of carbonyl (C=O) groups is 1. The Morgan fingerprint density at radius 2 is 1.84 bits per heavy atom. The summed E-state index contributed by atoms with van der Waals surface area (Å²) in [6, 6.07) is 11.9. The predicted octanol–water partition coefficient (Wildman–Crippen LogP) is 2.88. The molecule has 0 aliphatic rings. The minimum Gasteiger partial charge on any atom is -0.497 e. The van der Waals surface area contributed by atoms with Crippen LogP contribution in [0.1, 0.15) is 10.4 Å². The molecule has 0 saturated carbocycles. The molecular weight excluding hydrogens is 406 g/mol. The normalized spacial score (nSPS) is 10.9. The van der Waals surface area contributed by atoms with E-state index in [4.69, 9.17) is 4.74 Å². The van der Waals surface area contributed by atoms with Crippen LogP contribution in [0.3, 0.4) is 0 Å². The Labute approximate surface area is 175 Å². The molecule has 0 bridgehead atoms. The number of rotatable bonds is 6. The van der Waals surface area contributed by atoms with Gasteiger partial charge in [0, 0.05) is 36.6 Å². The van der Waals surface area contributed by atoms with Crippen molar-refractivity contribution in [2.24, 2.45) is 0 Å². The van der Waals surface area contributed by atoms with Gasteiger partial charge in [0.2, 0.25) is 0 Å². The fourth-order valence-corrected chi connectivity index (χ4v) is 3.13. The molecule has 0 aliphatic heterocycles. The van der Waals surface area contributed by atoms with E-state index in [9.17, 15) is 18.4 Å². The van der Waals surface area contributed by atoms with Crippen LogP contribution in [0.5, 0.6) is 5.75 Å². The number of amides is 1. The zero-order chi connectivity index (χ0) is 22.0. The van der Waals surface area contributed by atoms with Gasteiger partial charge in [-0.25, -0.2) is 13.3 Å². The molecule has 0 spiro atoms. The van der Waals surface area contributed by atoms with Crippen LogP contribution in [0.25, 0.3) is 16.8 Å². The van der Waals surface area contributed by atoms with Crippen LogP contribution >= 0.6 is 0 Å². The van der Waals surface area contributed by atoms with Crippen molar-refractivity contribution in [3.63, 3.8) is 0 Å². The molecule has 0 aliphatic carbocycles. The van der Waals surface area contributed by atoms with Crippen LogP contribution < -0.4 is 15.6 Å². The maximum atomic E-state index is 13.3. The van der Waals surface area contributed by atoms with Crippen molar-refractivity contribution in [3.05, 3.63) is 88.5 Å². The topological polar surface area (TPSA) is 77.6 Å². The minimum absolute atomic E-state index is 0.00150. The van der Waals surface area contributed by atoms with E-state index in [2.05, 4.69) is 10.4 Å². The van der Waals surface area contributed by atoms with Gasteiger partial charge in [-0.05, 0) is 48.5 Å². The molecule has 158 valence electrons. The summed E-state index contributed by atoms with van der Waals surface area (Å²) in [7, 11) is 1.59. The van der Waals surface area contributed by atoms with Crippen LogP contribution in [-0.2, 0) is 6.54 Å². The fraction of sp³-hybridized carbons (Fsp3) is 0.136. The maximum Gasteiger partial charge on any atom is 0.276 e. The van der Waals surface area contributed by atoms with Crippen molar-refractivity contribution < 1.29 is 18.3 Å². The third kappa shape index (κ3) is 4.16. The Bertz CT molecular complexity index is 1310. The molecule has 9 heteroatoms. The third-order valence-corrected chi connectivity index (χ3v) is 4.81. The van der Waals surface area contributed by atoms with Crippen molar-refractivity contribution in [3.8, 4) is 17.0 Å². The number of methoxy groups -OCH3 is 1. The van der Waals surface area contributed by atoms with Gasteiger partial charge in [-0.3, -0.25) is 9.59 Å². The van der Waals surface area contributed by atoms with Crippen molar-refractivity contribution in [1.82, 2.24) is 19.5 Å². The SMILES string of the molecule is COc1ccc(-c2cc3c(=O)n(CCNC(=O)c4ccc(F)c(F)c4)ccn3n2)cc1. The highest BCUT2D eigenvalue weighted by Gasteiger charge is 2.11. The number of hydrogen-bond acceptors (Lipinski definition) is 4. The Balaban J connectivity index is 1.48. The average Bonchev–Trinajstić information content (AvgIpc) is 3.22. The summed E-state index contributed by atoms with van der Waals surface area (Å²) in [5.41, 5.74) is 1.61. The Morgan fingerprint density at radius 1 is 1.06 bits per heavy atom. The highest BCUT2D eigenvalue weighted by molar-refractivity contribution is 5.94. The molecule has 31 heavy (non-hydrogen) atoms. The second-order valence-electron chi connectivity index (χ2n) is 6.77. The van der Waals surface area contributed by atoms with Crippen LogP contribution in [0, 0.1) is 11.6 Å². The molecule has 0 saturated heterocycles. The lowest BCUT2D eigenvalue weighted by molar-refractivity contribution is 0.0951. The van der Waals surface area contributed by atoms with Gasteiger partial charge < -0.3 is 14.6 Å². The lowest BCUT2D eigenvalue weighted by atomic mass is 10.1. The number of hydrogen-bond donors (Lipinski definition) is 1. The predicted molar refractivity (Wildman–Crippen MR) is 110 cm³/mol. The minimum atomic E-state index is -1.09. The zero-order valence-corrected chi connectivity index (χ0v) is 16.5. The van der Waals surface area contributed by atoms with Gasteiger partial charge in [0.1, 0.15) is 11.3 Å². The van der Waals surface area contributed by atoms with Crippen LogP contribution in [0.15, 0.2) is 65.7 Å². The number of halogens is 2. The van der Waals surface area contributed by atoms with Crippen LogP contribution in [0.2, 0.25) is 0 Å². The van der Waals surface area contributed by atoms with Crippen molar-refractivity contribution in [1.29, 1.82) is 0 Å². The molecule has 4 rings (SSSR count). The molecule has 1 amide bonds. The third-order valence-electron chi connectivity index (χ3n) is 4.81. The summed E-state index contributed by atoms with van der Waals surface area (Å²) in [4.78, 5) is 24.9.